The molecule has 7 heteroatoms. The Morgan fingerprint density at radius 3 is 2.88 bits per heavy atom. The molecule has 1 heterocycles. The highest BCUT2D eigenvalue weighted by Crippen LogP contribution is 2.23. The quantitative estimate of drug-likeness (QED) is 0.625. The Labute approximate surface area is 161 Å². The Hall–Kier alpha value is -2.57. The van der Waals surface area contributed by atoms with Gasteiger partial charge in [-0.1, -0.05) is 29.8 Å². The van der Waals surface area contributed by atoms with Crippen LogP contribution in [0.25, 0.3) is 0 Å². The topological polar surface area (TPSA) is 63.2 Å². The minimum Gasteiger partial charge on any atom is -0.497 e. The maximum Gasteiger partial charge on any atom is 0.270 e. The third-order valence-corrected chi connectivity index (χ3v) is 4.64. The molecule has 3 aromatic rings. The maximum atomic E-state index is 12.2. The molecule has 2 N–H and O–H groups in total. The van der Waals surface area contributed by atoms with Crippen molar-refractivity contribution in [2.24, 2.45) is 0 Å². The van der Waals surface area contributed by atoms with E-state index in [1.807, 2.05) is 36.4 Å². The fourth-order valence-corrected chi connectivity index (χ4v) is 3.27. The molecule has 0 fully saturated rings. The molecule has 26 heavy (non-hydrogen) atoms. The number of carbonyl (C=O) groups is 1. The van der Waals surface area contributed by atoms with Gasteiger partial charge in [0, 0.05) is 22.6 Å². The normalized spacial score (nSPS) is 10.4. The van der Waals surface area contributed by atoms with Gasteiger partial charge in [0.05, 0.1) is 7.11 Å². The van der Waals surface area contributed by atoms with Crippen molar-refractivity contribution in [2.75, 3.05) is 19.0 Å². The number of aromatic nitrogens is 1. The minimum atomic E-state index is -0.191. The van der Waals surface area contributed by atoms with Gasteiger partial charge in [-0.25, -0.2) is 4.98 Å². The van der Waals surface area contributed by atoms with Crippen LogP contribution >= 0.6 is 22.9 Å². The van der Waals surface area contributed by atoms with Gasteiger partial charge in [-0.2, -0.15) is 0 Å². The number of carbonyl (C=O) groups excluding carboxylic acids is 1. The van der Waals surface area contributed by atoms with Crippen molar-refractivity contribution in [1.82, 2.24) is 10.3 Å². The molecule has 0 radical (unpaired) electrons. The molecule has 0 atom stereocenters. The van der Waals surface area contributed by atoms with Gasteiger partial charge < -0.3 is 15.4 Å². The molecular formula is C19H18ClN3O2S. The van der Waals surface area contributed by atoms with Gasteiger partial charge in [0.2, 0.25) is 0 Å². The Balaban J connectivity index is 1.53. The number of anilines is 2. The first-order valence-electron chi connectivity index (χ1n) is 8.03. The van der Waals surface area contributed by atoms with Gasteiger partial charge in [-0.3, -0.25) is 4.79 Å². The molecule has 3 rings (SSSR count). The fourth-order valence-electron chi connectivity index (χ4n) is 2.36. The lowest BCUT2D eigenvalue weighted by atomic mass is 10.1. The van der Waals surface area contributed by atoms with Crippen molar-refractivity contribution < 1.29 is 9.53 Å². The Bertz CT molecular complexity index is 898. The second-order valence-corrected chi connectivity index (χ2v) is 6.83. The van der Waals surface area contributed by atoms with E-state index in [1.54, 1.807) is 24.6 Å². The van der Waals surface area contributed by atoms with Crippen molar-refractivity contribution in [1.29, 1.82) is 0 Å². The third kappa shape index (κ3) is 4.97. The minimum absolute atomic E-state index is 0.191. The zero-order valence-electron chi connectivity index (χ0n) is 14.2. The third-order valence-electron chi connectivity index (χ3n) is 3.65. The van der Waals surface area contributed by atoms with E-state index in [4.69, 9.17) is 16.3 Å². The number of methoxy groups -OCH3 is 1. The van der Waals surface area contributed by atoms with Gasteiger partial charge >= 0.3 is 0 Å². The number of nitrogens with zero attached hydrogens (tertiary/aromatic N) is 1. The molecule has 2 aromatic carbocycles. The SMILES string of the molecule is COc1cccc(CCNC(=O)c2csc(Nc3cccc(Cl)c3)n2)c1. The molecule has 1 amide bonds. The summed E-state index contributed by atoms with van der Waals surface area (Å²) in [6.07, 6.45) is 0.723. The molecule has 0 unspecified atom stereocenters. The van der Waals surface area contributed by atoms with Crippen LogP contribution in [0.4, 0.5) is 10.8 Å². The van der Waals surface area contributed by atoms with Gasteiger partial charge in [0.25, 0.3) is 5.91 Å². The van der Waals surface area contributed by atoms with Crippen LogP contribution in [0.2, 0.25) is 5.02 Å². The summed E-state index contributed by atoms with van der Waals surface area (Å²) >= 11 is 7.34. The van der Waals surface area contributed by atoms with Crippen LogP contribution in [0.1, 0.15) is 16.1 Å². The van der Waals surface area contributed by atoms with E-state index < -0.39 is 0 Å². The number of amides is 1. The highest BCUT2D eigenvalue weighted by atomic mass is 35.5. The van der Waals surface area contributed by atoms with Crippen LogP contribution in [0.3, 0.4) is 0 Å². The lowest BCUT2D eigenvalue weighted by molar-refractivity contribution is 0.0950. The van der Waals surface area contributed by atoms with Crippen molar-refractivity contribution in [3.8, 4) is 5.75 Å². The summed E-state index contributed by atoms with van der Waals surface area (Å²) in [5.74, 6) is 0.619. The first-order valence-corrected chi connectivity index (χ1v) is 9.29. The molecule has 0 saturated heterocycles. The van der Waals surface area contributed by atoms with E-state index in [0.717, 1.165) is 23.4 Å². The predicted molar refractivity (Wildman–Crippen MR) is 106 cm³/mol. The van der Waals surface area contributed by atoms with E-state index in [2.05, 4.69) is 15.6 Å². The first-order chi connectivity index (χ1) is 12.6. The number of hydrogen-bond donors (Lipinski definition) is 2. The van der Waals surface area contributed by atoms with Gasteiger partial charge in [-0.15, -0.1) is 11.3 Å². The molecule has 0 aliphatic carbocycles. The van der Waals surface area contributed by atoms with Gasteiger partial charge in [0.1, 0.15) is 11.4 Å². The average Bonchev–Trinajstić information content (AvgIpc) is 3.10. The largest absolute Gasteiger partial charge is 0.497 e. The number of thiazole rings is 1. The first kappa shape index (κ1) is 18.2. The lowest BCUT2D eigenvalue weighted by Gasteiger charge is -2.06. The number of nitrogens with one attached hydrogen (secondary N) is 2. The van der Waals surface area contributed by atoms with Gasteiger partial charge in [0.15, 0.2) is 5.13 Å². The summed E-state index contributed by atoms with van der Waals surface area (Å²) in [6.45, 7) is 0.528. The summed E-state index contributed by atoms with van der Waals surface area (Å²) < 4.78 is 5.20. The summed E-state index contributed by atoms with van der Waals surface area (Å²) in [4.78, 5) is 16.6. The standard InChI is InChI=1S/C19H18ClN3O2S/c1-25-16-7-2-4-13(10-16)8-9-21-18(24)17-12-26-19(23-17)22-15-6-3-5-14(20)11-15/h2-7,10-12H,8-9H2,1H3,(H,21,24)(H,22,23). The second kappa shape index (κ2) is 8.69. The lowest BCUT2D eigenvalue weighted by Crippen LogP contribution is -2.26. The molecular weight excluding hydrogens is 370 g/mol. The molecule has 1 aromatic heterocycles. The smallest absolute Gasteiger partial charge is 0.270 e. The van der Waals surface area contributed by atoms with Crippen LogP contribution in [-0.4, -0.2) is 24.5 Å². The number of halogens is 1. The van der Waals surface area contributed by atoms with Crippen molar-refractivity contribution in [3.63, 3.8) is 0 Å². The number of benzene rings is 2. The predicted octanol–water partition coefficient (Wildman–Crippen LogP) is 4.52. The Morgan fingerprint density at radius 1 is 1.23 bits per heavy atom. The summed E-state index contributed by atoms with van der Waals surface area (Å²) in [5.41, 5.74) is 2.33. The van der Waals surface area contributed by atoms with E-state index in [1.165, 1.54) is 11.3 Å². The fraction of sp³-hybridized carbons (Fsp3) is 0.158. The van der Waals surface area contributed by atoms with Crippen LogP contribution in [0, 0.1) is 0 Å². The second-order valence-electron chi connectivity index (χ2n) is 5.53. The van der Waals surface area contributed by atoms with Crippen LogP contribution in [0.15, 0.2) is 53.9 Å². The number of hydrogen-bond acceptors (Lipinski definition) is 5. The summed E-state index contributed by atoms with van der Waals surface area (Å²) in [5, 5.41) is 9.04. The zero-order chi connectivity index (χ0) is 18.4. The van der Waals surface area contributed by atoms with E-state index in [0.29, 0.717) is 22.4 Å². The zero-order valence-corrected chi connectivity index (χ0v) is 15.7. The molecule has 0 aliphatic rings. The highest BCUT2D eigenvalue weighted by Gasteiger charge is 2.10. The van der Waals surface area contributed by atoms with Crippen LogP contribution in [-0.2, 0) is 6.42 Å². The van der Waals surface area contributed by atoms with Crippen molar-refractivity contribution >= 4 is 39.7 Å². The molecule has 0 saturated carbocycles. The monoisotopic (exact) mass is 387 g/mol. The molecule has 0 bridgehead atoms. The summed E-state index contributed by atoms with van der Waals surface area (Å²) in [6, 6.07) is 15.1. The molecule has 5 nitrogen and oxygen atoms in total. The van der Waals surface area contributed by atoms with E-state index in [9.17, 15) is 4.79 Å². The number of rotatable bonds is 7. The van der Waals surface area contributed by atoms with Crippen molar-refractivity contribution in [2.45, 2.75) is 6.42 Å². The number of ether oxygens (including phenoxy) is 1. The van der Waals surface area contributed by atoms with E-state index >= 15 is 0 Å². The van der Waals surface area contributed by atoms with E-state index in [-0.39, 0.29) is 5.91 Å². The maximum absolute atomic E-state index is 12.2. The van der Waals surface area contributed by atoms with Crippen LogP contribution in [0.5, 0.6) is 5.75 Å². The van der Waals surface area contributed by atoms with Gasteiger partial charge in [-0.05, 0) is 42.3 Å². The average molecular weight is 388 g/mol. The molecule has 0 aliphatic heterocycles. The Morgan fingerprint density at radius 2 is 2.08 bits per heavy atom. The molecule has 134 valence electrons. The summed E-state index contributed by atoms with van der Waals surface area (Å²) in [7, 11) is 1.64. The van der Waals surface area contributed by atoms with Crippen LogP contribution < -0.4 is 15.4 Å². The molecule has 0 spiro atoms. The highest BCUT2D eigenvalue weighted by molar-refractivity contribution is 7.14. The van der Waals surface area contributed by atoms with Crippen molar-refractivity contribution in [3.05, 3.63) is 70.2 Å². The Kier molecular flexibility index (Phi) is 6.09.